The highest BCUT2D eigenvalue weighted by Gasteiger charge is 2.53. The van der Waals surface area contributed by atoms with E-state index in [1.807, 2.05) is 54.0 Å². The van der Waals surface area contributed by atoms with Crippen LogP contribution in [0.4, 0.5) is 0 Å². The van der Waals surface area contributed by atoms with Crippen LogP contribution in [0.1, 0.15) is 34.1 Å². The van der Waals surface area contributed by atoms with E-state index in [1.165, 1.54) is 0 Å². The molecule has 3 rings (SSSR count). The lowest BCUT2D eigenvalue weighted by molar-refractivity contribution is -0.140. The van der Waals surface area contributed by atoms with Gasteiger partial charge in [-0.3, -0.25) is 14.4 Å². The van der Waals surface area contributed by atoms with E-state index in [9.17, 15) is 14.4 Å². The summed E-state index contributed by atoms with van der Waals surface area (Å²) in [5.74, 6) is 0.302. The normalized spacial score (nSPS) is 24.6. The Labute approximate surface area is 184 Å². The summed E-state index contributed by atoms with van der Waals surface area (Å²) in [6.07, 6.45) is 0.388. The van der Waals surface area contributed by atoms with Crippen molar-refractivity contribution in [3.8, 4) is 5.75 Å². The molecule has 2 aliphatic heterocycles. The summed E-state index contributed by atoms with van der Waals surface area (Å²) < 4.78 is 6.24. The standard InChI is InChI=1S/C23H34N4O4/c1-14(2)20(25-22(29)15(3)24-5)23(30)26-12-11-18-21(26)19(13-27(18)16(4)28)31-17-9-7-6-8-10-17/h6-10,14-15,18-21,24H,11-13H2,1-5H3,(H,25,29)/t15-,18+,19-,20?,21-/m0/s1. The second-order valence-corrected chi connectivity index (χ2v) is 8.76. The predicted octanol–water partition coefficient (Wildman–Crippen LogP) is 1.01. The van der Waals surface area contributed by atoms with Crippen LogP contribution in [0.2, 0.25) is 0 Å². The minimum atomic E-state index is -0.634. The molecule has 0 saturated carbocycles. The number of carbonyl (C=O) groups is 3. The Hall–Kier alpha value is -2.61. The molecule has 0 spiro atoms. The molecule has 31 heavy (non-hydrogen) atoms. The van der Waals surface area contributed by atoms with Crippen LogP contribution in [-0.2, 0) is 14.4 Å². The lowest BCUT2D eigenvalue weighted by Gasteiger charge is -2.33. The molecule has 2 saturated heterocycles. The van der Waals surface area contributed by atoms with Crippen molar-refractivity contribution in [2.24, 2.45) is 5.92 Å². The molecule has 1 aromatic rings. The molecule has 0 aromatic heterocycles. The Morgan fingerprint density at radius 1 is 1.10 bits per heavy atom. The Morgan fingerprint density at radius 3 is 2.35 bits per heavy atom. The first-order chi connectivity index (χ1) is 14.7. The van der Waals surface area contributed by atoms with E-state index >= 15 is 0 Å². The van der Waals surface area contributed by atoms with Crippen molar-refractivity contribution in [2.45, 2.75) is 64.4 Å². The van der Waals surface area contributed by atoms with Crippen molar-refractivity contribution in [1.82, 2.24) is 20.4 Å². The summed E-state index contributed by atoms with van der Waals surface area (Å²) in [4.78, 5) is 41.9. The number of carbonyl (C=O) groups excluding carboxylic acids is 3. The predicted molar refractivity (Wildman–Crippen MR) is 117 cm³/mol. The number of nitrogens with one attached hydrogen (secondary N) is 2. The van der Waals surface area contributed by atoms with Gasteiger partial charge in [0.15, 0.2) is 0 Å². The van der Waals surface area contributed by atoms with Crippen LogP contribution in [0.15, 0.2) is 30.3 Å². The van der Waals surface area contributed by atoms with Gasteiger partial charge >= 0.3 is 0 Å². The second kappa shape index (κ2) is 9.68. The van der Waals surface area contributed by atoms with Crippen LogP contribution in [0.3, 0.4) is 0 Å². The molecule has 170 valence electrons. The summed E-state index contributed by atoms with van der Waals surface area (Å²) >= 11 is 0. The van der Waals surface area contributed by atoms with Gasteiger partial charge in [-0.2, -0.15) is 0 Å². The fourth-order valence-electron chi connectivity index (χ4n) is 4.53. The number of likely N-dealkylation sites (tertiary alicyclic amines) is 2. The van der Waals surface area contributed by atoms with E-state index < -0.39 is 12.1 Å². The van der Waals surface area contributed by atoms with Gasteiger partial charge in [0, 0.05) is 13.5 Å². The van der Waals surface area contributed by atoms with Crippen molar-refractivity contribution in [1.29, 1.82) is 0 Å². The van der Waals surface area contributed by atoms with E-state index in [0.717, 1.165) is 0 Å². The highest BCUT2D eigenvalue weighted by Crippen LogP contribution is 2.35. The zero-order valence-corrected chi connectivity index (χ0v) is 19.0. The number of para-hydroxylation sites is 1. The molecule has 8 heteroatoms. The monoisotopic (exact) mass is 430 g/mol. The Balaban J connectivity index is 1.83. The maximum Gasteiger partial charge on any atom is 0.245 e. The molecular formula is C23H34N4O4. The van der Waals surface area contributed by atoms with Gasteiger partial charge in [-0.15, -0.1) is 0 Å². The quantitative estimate of drug-likeness (QED) is 0.674. The van der Waals surface area contributed by atoms with Gasteiger partial charge in [0.1, 0.15) is 17.9 Å². The summed E-state index contributed by atoms with van der Waals surface area (Å²) in [7, 11) is 1.71. The Bertz CT molecular complexity index is 800. The fraction of sp³-hybridized carbons (Fsp3) is 0.609. The minimum Gasteiger partial charge on any atom is -0.486 e. The van der Waals surface area contributed by atoms with Gasteiger partial charge < -0.3 is 25.2 Å². The number of ether oxygens (including phenoxy) is 1. The molecule has 0 radical (unpaired) electrons. The largest absolute Gasteiger partial charge is 0.486 e. The molecule has 8 nitrogen and oxygen atoms in total. The third kappa shape index (κ3) is 4.84. The van der Waals surface area contributed by atoms with Crippen LogP contribution in [0.25, 0.3) is 0 Å². The Morgan fingerprint density at radius 2 is 1.77 bits per heavy atom. The first-order valence-corrected chi connectivity index (χ1v) is 11.0. The highest BCUT2D eigenvalue weighted by atomic mass is 16.5. The van der Waals surface area contributed by atoms with Gasteiger partial charge in [0.05, 0.1) is 24.7 Å². The van der Waals surface area contributed by atoms with Crippen LogP contribution in [-0.4, -0.2) is 77.9 Å². The summed E-state index contributed by atoms with van der Waals surface area (Å²) in [5, 5.41) is 5.81. The van der Waals surface area contributed by atoms with Crippen molar-refractivity contribution in [2.75, 3.05) is 20.1 Å². The number of fused-ring (bicyclic) bond motifs is 1. The number of amides is 3. The number of benzene rings is 1. The number of nitrogens with zero attached hydrogens (tertiary/aromatic N) is 2. The first-order valence-electron chi connectivity index (χ1n) is 11.0. The SMILES string of the molecule is CN[C@@H](C)C(=O)NC(C(=O)N1CC[C@@H]2[C@H]1[C@@H](Oc1ccccc1)CN2C(C)=O)C(C)C. The summed E-state index contributed by atoms with van der Waals surface area (Å²) in [5.41, 5.74) is 0. The van der Waals surface area contributed by atoms with Crippen molar-refractivity contribution in [3.63, 3.8) is 0 Å². The van der Waals surface area contributed by atoms with Gasteiger partial charge in [0.2, 0.25) is 17.7 Å². The van der Waals surface area contributed by atoms with Crippen LogP contribution < -0.4 is 15.4 Å². The smallest absolute Gasteiger partial charge is 0.245 e. The number of rotatable bonds is 7. The molecular weight excluding hydrogens is 396 g/mol. The maximum absolute atomic E-state index is 13.6. The van der Waals surface area contributed by atoms with Crippen molar-refractivity contribution in [3.05, 3.63) is 30.3 Å². The minimum absolute atomic E-state index is 0.0139. The molecule has 3 amide bonds. The van der Waals surface area contributed by atoms with Crippen LogP contribution >= 0.6 is 0 Å². The van der Waals surface area contributed by atoms with E-state index in [-0.39, 0.29) is 41.8 Å². The topological polar surface area (TPSA) is 91.0 Å². The van der Waals surface area contributed by atoms with Crippen molar-refractivity contribution < 1.29 is 19.1 Å². The third-order valence-corrected chi connectivity index (χ3v) is 6.35. The first kappa shape index (κ1) is 23.1. The molecule has 1 unspecified atom stereocenters. The molecule has 5 atom stereocenters. The average molecular weight is 431 g/mol. The van der Waals surface area contributed by atoms with Crippen LogP contribution in [0.5, 0.6) is 5.75 Å². The zero-order chi connectivity index (χ0) is 22.7. The van der Waals surface area contributed by atoms with Crippen molar-refractivity contribution >= 4 is 17.7 Å². The van der Waals surface area contributed by atoms with E-state index in [1.54, 1.807) is 20.9 Å². The van der Waals surface area contributed by atoms with Gasteiger partial charge in [-0.25, -0.2) is 0 Å². The number of likely N-dealkylation sites (N-methyl/N-ethyl adjacent to an activating group) is 1. The van der Waals surface area contributed by atoms with Gasteiger partial charge in [0.25, 0.3) is 0 Å². The molecule has 0 aliphatic carbocycles. The highest BCUT2D eigenvalue weighted by molar-refractivity contribution is 5.90. The van der Waals surface area contributed by atoms with E-state index in [4.69, 9.17) is 4.74 Å². The molecule has 2 heterocycles. The molecule has 2 aliphatic rings. The van der Waals surface area contributed by atoms with Gasteiger partial charge in [-0.1, -0.05) is 32.0 Å². The average Bonchev–Trinajstić information content (AvgIpc) is 3.32. The second-order valence-electron chi connectivity index (χ2n) is 8.76. The molecule has 1 aromatic carbocycles. The molecule has 2 fully saturated rings. The lowest BCUT2D eigenvalue weighted by atomic mass is 10.0. The molecule has 2 N–H and O–H groups in total. The van der Waals surface area contributed by atoms with Gasteiger partial charge in [-0.05, 0) is 38.4 Å². The fourth-order valence-corrected chi connectivity index (χ4v) is 4.53. The number of hydrogen-bond donors (Lipinski definition) is 2. The summed E-state index contributed by atoms with van der Waals surface area (Å²) in [6, 6.07) is 8.13. The third-order valence-electron chi connectivity index (χ3n) is 6.35. The number of hydrogen-bond acceptors (Lipinski definition) is 5. The molecule has 0 bridgehead atoms. The van der Waals surface area contributed by atoms with E-state index in [2.05, 4.69) is 10.6 Å². The summed E-state index contributed by atoms with van der Waals surface area (Å²) in [6.45, 7) is 8.15. The maximum atomic E-state index is 13.6. The van der Waals surface area contributed by atoms with Crippen LogP contribution in [0, 0.1) is 5.92 Å². The lowest BCUT2D eigenvalue weighted by Crippen LogP contribution is -2.57. The Kier molecular flexibility index (Phi) is 7.20. The zero-order valence-electron chi connectivity index (χ0n) is 19.0. The van der Waals surface area contributed by atoms with E-state index in [0.29, 0.717) is 25.3 Å².